The molecule has 6 heteroatoms. The Balaban J connectivity index is 1.80. The highest BCUT2D eigenvalue weighted by atomic mass is 35.5. The lowest BCUT2D eigenvalue weighted by Crippen LogP contribution is -2.51. The normalized spacial score (nSPS) is 15.1. The number of benzene rings is 2. The van der Waals surface area contributed by atoms with E-state index >= 15 is 0 Å². The molecule has 0 radical (unpaired) electrons. The molecule has 0 saturated heterocycles. The van der Waals surface area contributed by atoms with Crippen LogP contribution >= 0.6 is 11.6 Å². The Labute approximate surface area is 196 Å². The van der Waals surface area contributed by atoms with E-state index in [1.54, 1.807) is 24.1 Å². The fraction of sp³-hybridized carbons (Fsp3) is 0.462. The Kier molecular flexibility index (Phi) is 8.98. The van der Waals surface area contributed by atoms with Gasteiger partial charge in [-0.05, 0) is 54.7 Å². The molecule has 2 amide bonds. The van der Waals surface area contributed by atoms with E-state index in [0.717, 1.165) is 42.6 Å². The van der Waals surface area contributed by atoms with Crippen LogP contribution in [0.15, 0.2) is 48.5 Å². The molecular formula is C26H33ClN2O3. The minimum atomic E-state index is -0.522. The summed E-state index contributed by atoms with van der Waals surface area (Å²) >= 11 is 6.11. The van der Waals surface area contributed by atoms with Crippen LogP contribution in [0.2, 0.25) is 5.02 Å². The monoisotopic (exact) mass is 456 g/mol. The maximum Gasteiger partial charge on any atom is 0.243 e. The van der Waals surface area contributed by atoms with Gasteiger partial charge in [-0.15, -0.1) is 0 Å². The summed E-state index contributed by atoms with van der Waals surface area (Å²) in [6.45, 7) is 2.32. The van der Waals surface area contributed by atoms with E-state index in [-0.39, 0.29) is 24.3 Å². The molecular weight excluding hydrogens is 424 g/mol. The average molecular weight is 457 g/mol. The molecule has 0 unspecified atom stereocenters. The van der Waals surface area contributed by atoms with Gasteiger partial charge in [0.05, 0.1) is 13.5 Å². The summed E-state index contributed by atoms with van der Waals surface area (Å²) in [5.41, 5.74) is 1.79. The minimum Gasteiger partial charge on any atom is -0.497 e. The third kappa shape index (κ3) is 6.73. The number of halogens is 1. The maximum absolute atomic E-state index is 13.4. The zero-order valence-electron chi connectivity index (χ0n) is 19.0. The number of nitrogens with zero attached hydrogens (tertiary/aromatic N) is 1. The quantitative estimate of drug-likeness (QED) is 0.567. The first-order valence-corrected chi connectivity index (χ1v) is 11.8. The first kappa shape index (κ1) is 24.1. The number of amides is 2. The summed E-state index contributed by atoms with van der Waals surface area (Å²) in [4.78, 5) is 28.4. The molecule has 1 aliphatic carbocycles. The molecule has 0 aromatic heterocycles. The van der Waals surface area contributed by atoms with Crippen molar-refractivity contribution in [3.8, 4) is 5.75 Å². The van der Waals surface area contributed by atoms with Crippen LogP contribution in [0.25, 0.3) is 0 Å². The van der Waals surface area contributed by atoms with Gasteiger partial charge < -0.3 is 15.0 Å². The zero-order chi connectivity index (χ0) is 22.9. The molecule has 1 N–H and O–H groups in total. The molecule has 1 saturated carbocycles. The van der Waals surface area contributed by atoms with Crippen LogP contribution in [0.4, 0.5) is 0 Å². The van der Waals surface area contributed by atoms with Crippen molar-refractivity contribution in [3.05, 3.63) is 64.7 Å². The van der Waals surface area contributed by atoms with Gasteiger partial charge in [-0.3, -0.25) is 9.59 Å². The Bertz CT molecular complexity index is 894. The number of rotatable bonds is 9. The van der Waals surface area contributed by atoms with Crippen molar-refractivity contribution >= 4 is 23.4 Å². The maximum atomic E-state index is 13.4. The van der Waals surface area contributed by atoms with Gasteiger partial charge in [0.25, 0.3) is 0 Å². The van der Waals surface area contributed by atoms with Crippen molar-refractivity contribution < 1.29 is 14.3 Å². The average Bonchev–Trinajstić information content (AvgIpc) is 2.80. The summed E-state index contributed by atoms with van der Waals surface area (Å²) in [6, 6.07) is 14.6. The molecule has 1 fully saturated rings. The smallest absolute Gasteiger partial charge is 0.243 e. The Hall–Kier alpha value is -2.53. The van der Waals surface area contributed by atoms with Gasteiger partial charge in [-0.2, -0.15) is 0 Å². The van der Waals surface area contributed by atoms with E-state index in [4.69, 9.17) is 16.3 Å². The van der Waals surface area contributed by atoms with Crippen molar-refractivity contribution in [2.75, 3.05) is 7.11 Å². The van der Waals surface area contributed by atoms with Gasteiger partial charge >= 0.3 is 0 Å². The van der Waals surface area contributed by atoms with Crippen LogP contribution in [0.1, 0.15) is 56.6 Å². The third-order valence-corrected chi connectivity index (χ3v) is 6.33. The van der Waals surface area contributed by atoms with Gasteiger partial charge in [-0.25, -0.2) is 0 Å². The Morgan fingerprint density at radius 2 is 1.81 bits per heavy atom. The standard InChI is InChI=1S/C26H33ClN2O3/c1-3-24(26(31)28-22-10-5-4-6-11-22)29(18-19-12-14-23(32-2)15-13-19)25(30)17-20-8-7-9-21(27)16-20/h7-9,12-16,22,24H,3-6,10-11,17-18H2,1-2H3,(H,28,31)/t24-/m0/s1. The van der Waals surface area contributed by atoms with E-state index in [2.05, 4.69) is 5.32 Å². The lowest BCUT2D eigenvalue weighted by atomic mass is 9.95. The van der Waals surface area contributed by atoms with Crippen LogP contribution in [-0.4, -0.2) is 35.9 Å². The zero-order valence-corrected chi connectivity index (χ0v) is 19.7. The fourth-order valence-corrected chi connectivity index (χ4v) is 4.53. The minimum absolute atomic E-state index is 0.0626. The second-order valence-corrected chi connectivity index (χ2v) is 8.88. The van der Waals surface area contributed by atoms with E-state index in [1.807, 2.05) is 43.3 Å². The predicted molar refractivity (Wildman–Crippen MR) is 128 cm³/mol. The van der Waals surface area contributed by atoms with Crippen LogP contribution in [0.5, 0.6) is 5.75 Å². The van der Waals surface area contributed by atoms with Crippen molar-refractivity contribution in [2.24, 2.45) is 0 Å². The largest absolute Gasteiger partial charge is 0.497 e. The third-order valence-electron chi connectivity index (χ3n) is 6.09. The van der Waals surface area contributed by atoms with E-state index in [9.17, 15) is 9.59 Å². The van der Waals surface area contributed by atoms with Crippen molar-refractivity contribution in [1.29, 1.82) is 0 Å². The lowest BCUT2D eigenvalue weighted by molar-refractivity contribution is -0.141. The van der Waals surface area contributed by atoms with Crippen LogP contribution in [-0.2, 0) is 22.6 Å². The fourth-order valence-electron chi connectivity index (χ4n) is 4.31. The highest BCUT2D eigenvalue weighted by Crippen LogP contribution is 2.21. The number of nitrogens with one attached hydrogen (secondary N) is 1. The molecule has 172 valence electrons. The summed E-state index contributed by atoms with van der Waals surface area (Å²) in [7, 11) is 1.62. The molecule has 32 heavy (non-hydrogen) atoms. The van der Waals surface area contributed by atoms with E-state index < -0.39 is 6.04 Å². The number of carbonyl (C=O) groups is 2. The molecule has 0 heterocycles. The molecule has 1 atom stereocenters. The second-order valence-electron chi connectivity index (χ2n) is 8.44. The summed E-state index contributed by atoms with van der Waals surface area (Å²) in [5.74, 6) is 0.605. The van der Waals surface area contributed by atoms with Gasteiger partial charge in [0, 0.05) is 17.6 Å². The van der Waals surface area contributed by atoms with Gasteiger partial charge in [0.15, 0.2) is 0 Å². The molecule has 3 rings (SSSR count). The molecule has 0 aliphatic heterocycles. The summed E-state index contributed by atoms with van der Waals surface area (Å²) in [5, 5.41) is 3.80. The summed E-state index contributed by atoms with van der Waals surface area (Å²) < 4.78 is 5.25. The number of carbonyl (C=O) groups excluding carboxylic acids is 2. The summed E-state index contributed by atoms with van der Waals surface area (Å²) in [6.07, 6.45) is 6.29. The van der Waals surface area contributed by atoms with Crippen LogP contribution in [0.3, 0.4) is 0 Å². The highest BCUT2D eigenvalue weighted by molar-refractivity contribution is 6.30. The first-order chi connectivity index (χ1) is 15.5. The molecule has 2 aromatic rings. The number of methoxy groups -OCH3 is 1. The number of ether oxygens (including phenoxy) is 1. The van der Waals surface area contributed by atoms with Crippen LogP contribution in [0, 0.1) is 0 Å². The molecule has 5 nitrogen and oxygen atoms in total. The number of hydrogen-bond acceptors (Lipinski definition) is 3. The Morgan fingerprint density at radius 3 is 2.44 bits per heavy atom. The molecule has 0 bridgehead atoms. The van der Waals surface area contributed by atoms with Gasteiger partial charge in [-0.1, -0.05) is 62.1 Å². The second kappa shape index (κ2) is 11.9. The molecule has 1 aliphatic rings. The van der Waals surface area contributed by atoms with Crippen molar-refractivity contribution in [1.82, 2.24) is 10.2 Å². The van der Waals surface area contributed by atoms with E-state index in [0.29, 0.717) is 18.0 Å². The lowest BCUT2D eigenvalue weighted by Gasteiger charge is -2.33. The number of hydrogen-bond donors (Lipinski definition) is 1. The SMILES string of the molecule is CC[C@@H](C(=O)NC1CCCCC1)N(Cc1ccc(OC)cc1)C(=O)Cc1cccc(Cl)c1. The topological polar surface area (TPSA) is 58.6 Å². The first-order valence-electron chi connectivity index (χ1n) is 11.5. The predicted octanol–water partition coefficient (Wildman–Crippen LogP) is 5.15. The molecule has 0 spiro atoms. The van der Waals surface area contributed by atoms with Gasteiger partial charge in [0.1, 0.15) is 11.8 Å². The van der Waals surface area contributed by atoms with E-state index in [1.165, 1.54) is 6.42 Å². The Morgan fingerprint density at radius 1 is 1.09 bits per heavy atom. The van der Waals surface area contributed by atoms with Crippen LogP contribution < -0.4 is 10.1 Å². The van der Waals surface area contributed by atoms with Gasteiger partial charge in [0.2, 0.25) is 11.8 Å². The van der Waals surface area contributed by atoms with Crippen molar-refractivity contribution in [2.45, 2.75) is 70.5 Å². The van der Waals surface area contributed by atoms with Crippen molar-refractivity contribution in [3.63, 3.8) is 0 Å². The highest BCUT2D eigenvalue weighted by Gasteiger charge is 2.30. The molecule has 2 aromatic carbocycles.